The van der Waals surface area contributed by atoms with E-state index in [-0.39, 0.29) is 6.61 Å². The number of ether oxygens (including phenoxy) is 2. The lowest BCUT2D eigenvalue weighted by Gasteiger charge is -2.06. The highest BCUT2D eigenvalue weighted by atomic mass is 35.5. The summed E-state index contributed by atoms with van der Waals surface area (Å²) in [5.74, 6) is 0.575. The minimum absolute atomic E-state index is 0.158. The molecule has 0 atom stereocenters. The predicted molar refractivity (Wildman–Crippen MR) is 69.0 cm³/mol. The first-order valence-corrected chi connectivity index (χ1v) is 5.76. The van der Waals surface area contributed by atoms with Crippen molar-refractivity contribution < 1.29 is 14.3 Å². The van der Waals surface area contributed by atoms with E-state index in [1.54, 1.807) is 48.5 Å². The summed E-state index contributed by atoms with van der Waals surface area (Å²) in [7, 11) is 0. The van der Waals surface area contributed by atoms with Gasteiger partial charge in [0.25, 0.3) is 0 Å². The van der Waals surface area contributed by atoms with E-state index in [4.69, 9.17) is 21.1 Å². The Morgan fingerprint density at radius 1 is 1.00 bits per heavy atom. The molecule has 0 amide bonds. The summed E-state index contributed by atoms with van der Waals surface area (Å²) in [6, 6.07) is 15.7. The maximum atomic E-state index is 11.5. The van der Waals surface area contributed by atoms with E-state index in [0.29, 0.717) is 16.5 Å². The zero-order valence-electron chi connectivity index (χ0n) is 9.51. The van der Waals surface area contributed by atoms with E-state index in [9.17, 15) is 4.79 Å². The Morgan fingerprint density at radius 3 is 2.44 bits per heavy atom. The average Bonchev–Trinajstić information content (AvgIpc) is 2.38. The molecule has 0 spiro atoms. The number of halogens is 1. The molecule has 3 nitrogen and oxygen atoms in total. The van der Waals surface area contributed by atoms with E-state index < -0.39 is 5.97 Å². The second-order valence-electron chi connectivity index (χ2n) is 3.53. The number of hydrogen-bond acceptors (Lipinski definition) is 3. The number of carbonyl (C=O) groups excluding carboxylic acids is 1. The van der Waals surface area contributed by atoms with E-state index in [1.165, 1.54) is 0 Å². The summed E-state index contributed by atoms with van der Waals surface area (Å²) in [4.78, 5) is 11.5. The number of esters is 1. The summed E-state index contributed by atoms with van der Waals surface area (Å²) < 4.78 is 10.3. The highest BCUT2D eigenvalue weighted by molar-refractivity contribution is 6.30. The van der Waals surface area contributed by atoms with Gasteiger partial charge >= 0.3 is 5.97 Å². The summed E-state index contributed by atoms with van der Waals surface area (Å²) in [6.45, 7) is -0.158. The molecule has 0 bridgehead atoms. The molecular formula is C14H11ClO3. The van der Waals surface area contributed by atoms with E-state index >= 15 is 0 Å². The van der Waals surface area contributed by atoms with Gasteiger partial charge in [0.1, 0.15) is 11.5 Å². The Bertz CT molecular complexity index is 526. The quantitative estimate of drug-likeness (QED) is 0.626. The lowest BCUT2D eigenvalue weighted by molar-refractivity contribution is -0.136. The van der Waals surface area contributed by atoms with Crippen LogP contribution in [0.25, 0.3) is 0 Å². The van der Waals surface area contributed by atoms with Gasteiger partial charge < -0.3 is 9.47 Å². The highest BCUT2D eigenvalue weighted by Crippen LogP contribution is 2.17. The van der Waals surface area contributed by atoms with E-state index in [0.717, 1.165) is 0 Å². The molecule has 0 heterocycles. The van der Waals surface area contributed by atoms with E-state index in [1.807, 2.05) is 6.07 Å². The second-order valence-corrected chi connectivity index (χ2v) is 3.97. The van der Waals surface area contributed by atoms with Gasteiger partial charge in [0.15, 0.2) is 6.61 Å². The van der Waals surface area contributed by atoms with Crippen LogP contribution in [-0.4, -0.2) is 12.6 Å². The van der Waals surface area contributed by atoms with Gasteiger partial charge in [-0.2, -0.15) is 0 Å². The first-order chi connectivity index (χ1) is 8.74. The minimum Gasteiger partial charge on any atom is -0.482 e. The van der Waals surface area contributed by atoms with Crippen molar-refractivity contribution in [1.29, 1.82) is 0 Å². The molecule has 0 unspecified atom stereocenters. The van der Waals surface area contributed by atoms with Crippen molar-refractivity contribution in [1.82, 2.24) is 0 Å². The molecule has 0 aliphatic heterocycles. The SMILES string of the molecule is O=C(COc1cccc(Cl)c1)Oc1ccccc1. The van der Waals surface area contributed by atoms with Crippen LogP contribution >= 0.6 is 11.6 Å². The third kappa shape index (κ3) is 3.79. The average molecular weight is 263 g/mol. The Labute approximate surface area is 110 Å². The molecule has 92 valence electrons. The van der Waals surface area contributed by atoms with Gasteiger partial charge in [-0.1, -0.05) is 35.9 Å². The monoisotopic (exact) mass is 262 g/mol. The molecule has 18 heavy (non-hydrogen) atoms. The lowest BCUT2D eigenvalue weighted by atomic mass is 10.3. The Morgan fingerprint density at radius 2 is 1.72 bits per heavy atom. The summed E-state index contributed by atoms with van der Waals surface area (Å²) in [5.41, 5.74) is 0. The number of benzene rings is 2. The lowest BCUT2D eigenvalue weighted by Crippen LogP contribution is -2.17. The summed E-state index contributed by atoms with van der Waals surface area (Å²) in [6.07, 6.45) is 0. The third-order valence-electron chi connectivity index (χ3n) is 2.13. The first kappa shape index (κ1) is 12.5. The van der Waals surface area contributed by atoms with Crippen LogP contribution in [0.5, 0.6) is 11.5 Å². The van der Waals surface area contributed by atoms with Crippen LogP contribution in [0.3, 0.4) is 0 Å². The molecule has 0 aromatic heterocycles. The van der Waals surface area contributed by atoms with Crippen molar-refractivity contribution in [3.8, 4) is 11.5 Å². The smallest absolute Gasteiger partial charge is 0.349 e. The Balaban J connectivity index is 1.85. The van der Waals surface area contributed by atoms with Crippen molar-refractivity contribution in [2.75, 3.05) is 6.61 Å². The molecule has 0 saturated carbocycles. The van der Waals surface area contributed by atoms with Gasteiger partial charge in [-0.15, -0.1) is 0 Å². The molecule has 0 aliphatic carbocycles. The van der Waals surface area contributed by atoms with Crippen LogP contribution in [0, 0.1) is 0 Å². The minimum atomic E-state index is -0.457. The van der Waals surface area contributed by atoms with Crippen molar-refractivity contribution >= 4 is 17.6 Å². The van der Waals surface area contributed by atoms with Crippen molar-refractivity contribution in [3.63, 3.8) is 0 Å². The van der Waals surface area contributed by atoms with Gasteiger partial charge in [-0.25, -0.2) is 4.79 Å². The molecule has 0 fully saturated rings. The van der Waals surface area contributed by atoms with Crippen LogP contribution in [0.2, 0.25) is 5.02 Å². The second kappa shape index (κ2) is 6.07. The van der Waals surface area contributed by atoms with Gasteiger partial charge in [0.05, 0.1) is 0 Å². The fraction of sp³-hybridized carbons (Fsp3) is 0.0714. The summed E-state index contributed by atoms with van der Waals surface area (Å²) in [5, 5.41) is 0.559. The number of carbonyl (C=O) groups is 1. The molecule has 0 N–H and O–H groups in total. The van der Waals surface area contributed by atoms with Crippen LogP contribution in [0.4, 0.5) is 0 Å². The zero-order chi connectivity index (χ0) is 12.8. The maximum Gasteiger partial charge on any atom is 0.349 e. The molecule has 2 aromatic carbocycles. The zero-order valence-corrected chi connectivity index (χ0v) is 10.3. The van der Waals surface area contributed by atoms with Crippen molar-refractivity contribution in [2.24, 2.45) is 0 Å². The van der Waals surface area contributed by atoms with Crippen molar-refractivity contribution in [3.05, 3.63) is 59.6 Å². The van der Waals surface area contributed by atoms with Gasteiger partial charge in [0.2, 0.25) is 0 Å². The molecule has 2 rings (SSSR count). The molecular weight excluding hydrogens is 252 g/mol. The number of rotatable bonds is 4. The predicted octanol–water partition coefficient (Wildman–Crippen LogP) is 3.32. The topological polar surface area (TPSA) is 35.5 Å². The van der Waals surface area contributed by atoms with Gasteiger partial charge in [-0.3, -0.25) is 0 Å². The first-order valence-electron chi connectivity index (χ1n) is 5.38. The Kier molecular flexibility index (Phi) is 4.20. The molecule has 4 heteroatoms. The maximum absolute atomic E-state index is 11.5. The largest absolute Gasteiger partial charge is 0.482 e. The fourth-order valence-corrected chi connectivity index (χ4v) is 1.53. The molecule has 0 saturated heterocycles. The van der Waals surface area contributed by atoms with Gasteiger partial charge in [0, 0.05) is 5.02 Å². The van der Waals surface area contributed by atoms with Crippen LogP contribution in [0.15, 0.2) is 54.6 Å². The molecule has 0 radical (unpaired) electrons. The van der Waals surface area contributed by atoms with Crippen LogP contribution < -0.4 is 9.47 Å². The van der Waals surface area contributed by atoms with Crippen molar-refractivity contribution in [2.45, 2.75) is 0 Å². The third-order valence-corrected chi connectivity index (χ3v) is 2.36. The number of hydrogen-bond donors (Lipinski definition) is 0. The van der Waals surface area contributed by atoms with Crippen LogP contribution in [0.1, 0.15) is 0 Å². The highest BCUT2D eigenvalue weighted by Gasteiger charge is 2.05. The van der Waals surface area contributed by atoms with E-state index in [2.05, 4.69) is 0 Å². The number of para-hydroxylation sites is 1. The van der Waals surface area contributed by atoms with Crippen LogP contribution in [-0.2, 0) is 4.79 Å². The fourth-order valence-electron chi connectivity index (χ4n) is 1.35. The normalized spacial score (nSPS) is 9.83. The Hall–Kier alpha value is -2.00. The van der Waals surface area contributed by atoms with Gasteiger partial charge in [-0.05, 0) is 30.3 Å². The molecule has 2 aromatic rings. The molecule has 0 aliphatic rings. The summed E-state index contributed by atoms with van der Waals surface area (Å²) >= 11 is 5.79. The standard InChI is InChI=1S/C14H11ClO3/c15-11-5-4-8-13(9-11)17-10-14(16)18-12-6-2-1-3-7-12/h1-9H,10H2.